The standard InChI is InChI=1S/C25H26O6/c1-6-23(26)30-15-25(3,4)14-29-19-8-7-17-12-21(24(27)31-22(17)13-19)20-10-9-18(28-5)11-16(20)2/h6-13H,1,14-15H2,2-5H3. The van der Waals surface area contributed by atoms with Gasteiger partial charge in [0.15, 0.2) is 0 Å². The normalized spacial score (nSPS) is 11.2. The van der Waals surface area contributed by atoms with E-state index in [2.05, 4.69) is 6.58 Å². The summed E-state index contributed by atoms with van der Waals surface area (Å²) in [5.74, 6) is 0.825. The number of ether oxygens (including phenoxy) is 3. The third kappa shape index (κ3) is 5.34. The van der Waals surface area contributed by atoms with Crippen molar-refractivity contribution in [1.82, 2.24) is 0 Å². The van der Waals surface area contributed by atoms with Crippen molar-refractivity contribution in [2.75, 3.05) is 20.3 Å². The van der Waals surface area contributed by atoms with Gasteiger partial charge in [-0.25, -0.2) is 9.59 Å². The maximum absolute atomic E-state index is 12.7. The fraction of sp³-hybridized carbons (Fsp3) is 0.280. The lowest BCUT2D eigenvalue weighted by Gasteiger charge is -2.24. The Bertz CT molecular complexity index is 1170. The molecule has 0 radical (unpaired) electrons. The third-order valence-electron chi connectivity index (χ3n) is 4.83. The highest BCUT2D eigenvalue weighted by atomic mass is 16.5. The molecule has 0 fully saturated rings. The van der Waals surface area contributed by atoms with E-state index in [0.717, 1.165) is 28.3 Å². The minimum atomic E-state index is -0.469. The van der Waals surface area contributed by atoms with Crippen molar-refractivity contribution in [2.24, 2.45) is 5.41 Å². The van der Waals surface area contributed by atoms with Crippen molar-refractivity contribution in [3.63, 3.8) is 0 Å². The van der Waals surface area contributed by atoms with Gasteiger partial charge in [0.1, 0.15) is 17.1 Å². The Balaban J connectivity index is 1.81. The number of esters is 1. The SMILES string of the molecule is C=CC(=O)OCC(C)(C)COc1ccc2cc(-c3ccc(OC)cc3C)c(=O)oc2c1. The smallest absolute Gasteiger partial charge is 0.344 e. The first-order valence-electron chi connectivity index (χ1n) is 9.87. The van der Waals surface area contributed by atoms with Gasteiger partial charge >= 0.3 is 11.6 Å². The third-order valence-corrected chi connectivity index (χ3v) is 4.83. The van der Waals surface area contributed by atoms with Crippen LogP contribution < -0.4 is 15.1 Å². The molecular formula is C25H26O6. The molecule has 0 amide bonds. The molecule has 0 bridgehead atoms. The van der Waals surface area contributed by atoms with Gasteiger partial charge in [-0.1, -0.05) is 26.5 Å². The fourth-order valence-electron chi connectivity index (χ4n) is 3.08. The van der Waals surface area contributed by atoms with Crippen LogP contribution in [0.25, 0.3) is 22.1 Å². The Kier molecular flexibility index (Phi) is 6.49. The predicted molar refractivity (Wildman–Crippen MR) is 120 cm³/mol. The Morgan fingerprint density at radius 2 is 1.81 bits per heavy atom. The number of hydrogen-bond donors (Lipinski definition) is 0. The minimum Gasteiger partial charge on any atom is -0.497 e. The number of carbonyl (C=O) groups excluding carboxylic acids is 1. The fourth-order valence-corrected chi connectivity index (χ4v) is 3.08. The van der Waals surface area contributed by atoms with Crippen LogP contribution in [0.2, 0.25) is 0 Å². The number of carbonyl (C=O) groups is 1. The number of methoxy groups -OCH3 is 1. The van der Waals surface area contributed by atoms with Crippen LogP contribution in [0.15, 0.2) is 64.3 Å². The van der Waals surface area contributed by atoms with Gasteiger partial charge in [0.25, 0.3) is 0 Å². The summed E-state index contributed by atoms with van der Waals surface area (Å²) >= 11 is 0. The Hall–Kier alpha value is -3.54. The molecule has 0 saturated carbocycles. The topological polar surface area (TPSA) is 75.0 Å². The van der Waals surface area contributed by atoms with E-state index in [1.165, 1.54) is 0 Å². The van der Waals surface area contributed by atoms with Gasteiger partial charge in [-0.2, -0.15) is 0 Å². The van der Waals surface area contributed by atoms with Gasteiger partial charge in [-0.05, 0) is 48.4 Å². The first-order valence-corrected chi connectivity index (χ1v) is 9.87. The van der Waals surface area contributed by atoms with E-state index >= 15 is 0 Å². The summed E-state index contributed by atoms with van der Waals surface area (Å²) in [6.07, 6.45) is 1.13. The molecule has 0 aliphatic heterocycles. The number of aryl methyl sites for hydroxylation is 1. The van der Waals surface area contributed by atoms with Gasteiger partial charge in [0, 0.05) is 22.9 Å². The lowest BCUT2D eigenvalue weighted by Crippen LogP contribution is -2.28. The number of rotatable bonds is 8. The molecule has 0 aliphatic rings. The van der Waals surface area contributed by atoms with E-state index in [9.17, 15) is 9.59 Å². The lowest BCUT2D eigenvalue weighted by molar-refractivity contribution is -0.141. The van der Waals surface area contributed by atoms with Crippen molar-refractivity contribution < 1.29 is 23.4 Å². The molecule has 0 atom stereocenters. The van der Waals surface area contributed by atoms with E-state index in [1.807, 2.05) is 57.2 Å². The van der Waals surface area contributed by atoms with Crippen molar-refractivity contribution in [2.45, 2.75) is 20.8 Å². The minimum absolute atomic E-state index is 0.199. The zero-order valence-corrected chi connectivity index (χ0v) is 18.2. The zero-order valence-electron chi connectivity index (χ0n) is 18.2. The summed E-state index contributed by atoms with van der Waals surface area (Å²) in [7, 11) is 1.60. The van der Waals surface area contributed by atoms with Crippen LogP contribution in [0, 0.1) is 12.3 Å². The zero-order chi connectivity index (χ0) is 22.6. The van der Waals surface area contributed by atoms with Crippen LogP contribution in [-0.4, -0.2) is 26.3 Å². The molecule has 0 aliphatic carbocycles. The molecule has 2 aromatic carbocycles. The molecule has 31 heavy (non-hydrogen) atoms. The van der Waals surface area contributed by atoms with Gasteiger partial charge in [0.2, 0.25) is 0 Å². The molecule has 0 unspecified atom stereocenters. The molecule has 0 saturated heterocycles. The Morgan fingerprint density at radius 1 is 1.06 bits per heavy atom. The Morgan fingerprint density at radius 3 is 2.48 bits per heavy atom. The van der Waals surface area contributed by atoms with E-state index in [-0.39, 0.29) is 6.61 Å². The molecule has 0 N–H and O–H groups in total. The summed E-state index contributed by atoms with van der Waals surface area (Å²) in [5.41, 5.74) is 1.83. The first kappa shape index (κ1) is 22.2. The summed E-state index contributed by atoms with van der Waals surface area (Å²) in [6, 6.07) is 12.7. The van der Waals surface area contributed by atoms with E-state index in [4.69, 9.17) is 18.6 Å². The van der Waals surface area contributed by atoms with Crippen molar-refractivity contribution in [3.8, 4) is 22.6 Å². The Labute approximate surface area is 181 Å². The van der Waals surface area contributed by atoms with Gasteiger partial charge < -0.3 is 18.6 Å². The second kappa shape index (κ2) is 9.08. The molecule has 3 aromatic rings. The number of benzene rings is 2. The van der Waals surface area contributed by atoms with Gasteiger partial charge in [-0.3, -0.25) is 0 Å². The van der Waals surface area contributed by atoms with E-state index < -0.39 is 17.0 Å². The van der Waals surface area contributed by atoms with Gasteiger partial charge in [-0.15, -0.1) is 0 Å². The largest absolute Gasteiger partial charge is 0.497 e. The molecular weight excluding hydrogens is 396 g/mol. The molecule has 1 heterocycles. The molecule has 3 rings (SSSR count). The van der Waals surface area contributed by atoms with Crippen LogP contribution in [0.1, 0.15) is 19.4 Å². The highest BCUT2D eigenvalue weighted by molar-refractivity contribution is 5.83. The molecule has 6 heteroatoms. The average molecular weight is 422 g/mol. The maximum atomic E-state index is 12.7. The summed E-state index contributed by atoms with van der Waals surface area (Å²) in [5, 5.41) is 0.788. The lowest BCUT2D eigenvalue weighted by atomic mass is 9.96. The van der Waals surface area contributed by atoms with Crippen molar-refractivity contribution in [3.05, 3.63) is 71.1 Å². The van der Waals surface area contributed by atoms with Crippen LogP contribution >= 0.6 is 0 Å². The molecule has 6 nitrogen and oxygen atoms in total. The summed E-state index contributed by atoms with van der Waals surface area (Å²) in [4.78, 5) is 23.9. The number of hydrogen-bond acceptors (Lipinski definition) is 6. The van der Waals surface area contributed by atoms with Crippen molar-refractivity contribution in [1.29, 1.82) is 0 Å². The molecule has 1 aromatic heterocycles. The maximum Gasteiger partial charge on any atom is 0.344 e. The van der Waals surface area contributed by atoms with E-state index in [1.54, 1.807) is 13.2 Å². The monoisotopic (exact) mass is 422 g/mol. The summed E-state index contributed by atoms with van der Waals surface area (Å²) in [6.45, 7) is 9.67. The predicted octanol–water partition coefficient (Wildman–Crippen LogP) is 4.91. The average Bonchev–Trinajstić information content (AvgIpc) is 2.75. The van der Waals surface area contributed by atoms with Crippen LogP contribution in [-0.2, 0) is 9.53 Å². The van der Waals surface area contributed by atoms with Crippen LogP contribution in [0.4, 0.5) is 0 Å². The van der Waals surface area contributed by atoms with Gasteiger partial charge in [0.05, 0.1) is 25.9 Å². The second-order valence-electron chi connectivity index (χ2n) is 8.09. The van der Waals surface area contributed by atoms with Crippen molar-refractivity contribution >= 4 is 16.9 Å². The van der Waals surface area contributed by atoms with Crippen LogP contribution in [0.5, 0.6) is 11.5 Å². The summed E-state index contributed by atoms with van der Waals surface area (Å²) < 4.78 is 21.8. The first-order chi connectivity index (χ1) is 14.7. The second-order valence-corrected chi connectivity index (χ2v) is 8.09. The molecule has 0 spiro atoms. The highest BCUT2D eigenvalue weighted by Crippen LogP contribution is 2.29. The van der Waals surface area contributed by atoms with Crippen LogP contribution in [0.3, 0.4) is 0 Å². The molecule has 162 valence electrons. The highest BCUT2D eigenvalue weighted by Gasteiger charge is 2.21. The van der Waals surface area contributed by atoms with E-state index in [0.29, 0.717) is 23.5 Å². The quantitative estimate of drug-likeness (QED) is 0.292. The number of fused-ring (bicyclic) bond motifs is 1.